The number of benzene rings is 2. The van der Waals surface area contributed by atoms with Crippen LogP contribution < -0.4 is 5.32 Å². The molecule has 1 amide bonds. The second-order valence-corrected chi connectivity index (χ2v) is 10.2. The second kappa shape index (κ2) is 10.5. The summed E-state index contributed by atoms with van der Waals surface area (Å²) in [6, 6.07) is 17.9. The molecule has 0 atom stereocenters. The van der Waals surface area contributed by atoms with Crippen molar-refractivity contribution < 1.29 is 4.79 Å². The van der Waals surface area contributed by atoms with Crippen molar-refractivity contribution in [2.75, 3.05) is 24.2 Å². The number of amides is 1. The van der Waals surface area contributed by atoms with E-state index in [-0.39, 0.29) is 11.7 Å². The van der Waals surface area contributed by atoms with Crippen LogP contribution in [0.1, 0.15) is 23.7 Å². The van der Waals surface area contributed by atoms with Crippen LogP contribution in [0.5, 0.6) is 0 Å². The maximum atomic E-state index is 12.8. The van der Waals surface area contributed by atoms with Crippen LogP contribution in [-0.2, 0) is 11.3 Å². The van der Waals surface area contributed by atoms with Gasteiger partial charge >= 0.3 is 0 Å². The number of carbonyl (C=O) groups is 1. The van der Waals surface area contributed by atoms with Gasteiger partial charge < -0.3 is 5.32 Å². The highest BCUT2D eigenvalue weighted by Gasteiger charge is 2.20. The molecule has 2 aromatic heterocycles. The van der Waals surface area contributed by atoms with Gasteiger partial charge in [0.15, 0.2) is 11.0 Å². The van der Waals surface area contributed by atoms with E-state index < -0.39 is 0 Å². The number of nitrogens with one attached hydrogen (secondary N) is 1. The molecule has 3 heterocycles. The minimum absolute atomic E-state index is 0.0830. The first-order valence-electron chi connectivity index (χ1n) is 11.3. The molecule has 1 N–H and O–H groups in total. The number of thioether (sulfide) groups is 1. The Morgan fingerprint density at radius 2 is 1.91 bits per heavy atom. The van der Waals surface area contributed by atoms with Gasteiger partial charge in [-0.25, -0.2) is 4.98 Å². The fourth-order valence-electron chi connectivity index (χ4n) is 4.05. The van der Waals surface area contributed by atoms with E-state index in [9.17, 15) is 4.79 Å². The van der Waals surface area contributed by atoms with Gasteiger partial charge in [-0.2, -0.15) is 0 Å². The first-order chi connectivity index (χ1) is 16.7. The summed E-state index contributed by atoms with van der Waals surface area (Å²) >= 11 is 3.02. The summed E-state index contributed by atoms with van der Waals surface area (Å²) in [5.41, 5.74) is 3.68. The first kappa shape index (κ1) is 22.8. The standard InChI is InChI=1S/C25H26N6OS2/c1-18-26-22(16-33-18)19-8-7-9-20(14-19)27-24(32)17-34-25-29-28-23(15-30-12-5-6-13-30)31(25)21-10-3-2-4-11-21/h2-4,7-11,14,16H,5-6,12-13,15,17H2,1H3,(H,27,32). The number of hydrogen-bond acceptors (Lipinski definition) is 7. The van der Waals surface area contributed by atoms with Crippen molar-refractivity contribution in [3.8, 4) is 16.9 Å². The molecule has 1 saturated heterocycles. The molecule has 9 heteroatoms. The van der Waals surface area contributed by atoms with E-state index >= 15 is 0 Å². The zero-order valence-corrected chi connectivity index (χ0v) is 20.6. The first-order valence-corrected chi connectivity index (χ1v) is 13.2. The Morgan fingerprint density at radius 3 is 2.68 bits per heavy atom. The topological polar surface area (TPSA) is 75.9 Å². The minimum Gasteiger partial charge on any atom is -0.325 e. The molecule has 1 fully saturated rings. The summed E-state index contributed by atoms with van der Waals surface area (Å²) in [6.45, 7) is 4.93. The van der Waals surface area contributed by atoms with Crippen LogP contribution in [0.3, 0.4) is 0 Å². The maximum Gasteiger partial charge on any atom is 0.234 e. The maximum absolute atomic E-state index is 12.8. The number of para-hydroxylation sites is 1. The molecule has 2 aromatic carbocycles. The van der Waals surface area contributed by atoms with Crippen LogP contribution in [-0.4, -0.2) is 49.4 Å². The largest absolute Gasteiger partial charge is 0.325 e. The van der Waals surface area contributed by atoms with Crippen molar-refractivity contribution in [2.24, 2.45) is 0 Å². The lowest BCUT2D eigenvalue weighted by molar-refractivity contribution is -0.113. The molecule has 5 rings (SSSR count). The average Bonchev–Trinajstić information content (AvgIpc) is 3.61. The molecule has 174 valence electrons. The quantitative estimate of drug-likeness (QED) is 0.349. The van der Waals surface area contributed by atoms with E-state index in [1.807, 2.05) is 66.9 Å². The van der Waals surface area contributed by atoms with Crippen LogP contribution in [0, 0.1) is 6.92 Å². The van der Waals surface area contributed by atoms with Crippen molar-refractivity contribution in [1.29, 1.82) is 0 Å². The molecule has 0 spiro atoms. The lowest BCUT2D eigenvalue weighted by Gasteiger charge is -2.16. The second-order valence-electron chi connectivity index (χ2n) is 8.22. The zero-order chi connectivity index (χ0) is 23.3. The lowest BCUT2D eigenvalue weighted by Crippen LogP contribution is -2.21. The van der Waals surface area contributed by atoms with Crippen LogP contribution in [0.4, 0.5) is 5.69 Å². The Bertz CT molecular complexity index is 1260. The molecule has 34 heavy (non-hydrogen) atoms. The number of nitrogens with zero attached hydrogens (tertiary/aromatic N) is 5. The highest BCUT2D eigenvalue weighted by Crippen LogP contribution is 2.26. The lowest BCUT2D eigenvalue weighted by atomic mass is 10.1. The zero-order valence-electron chi connectivity index (χ0n) is 19.0. The molecule has 7 nitrogen and oxygen atoms in total. The van der Waals surface area contributed by atoms with Crippen LogP contribution >= 0.6 is 23.1 Å². The molecule has 1 aliphatic rings. The van der Waals surface area contributed by atoms with Gasteiger partial charge in [0.05, 0.1) is 23.0 Å². The Labute approximate surface area is 207 Å². The van der Waals surface area contributed by atoms with Crippen molar-refractivity contribution in [2.45, 2.75) is 31.5 Å². The third-order valence-corrected chi connectivity index (χ3v) is 7.37. The predicted molar refractivity (Wildman–Crippen MR) is 138 cm³/mol. The van der Waals surface area contributed by atoms with Crippen LogP contribution in [0.15, 0.2) is 65.1 Å². The minimum atomic E-state index is -0.0830. The molecule has 0 bridgehead atoms. The molecular formula is C25H26N6OS2. The number of likely N-dealkylation sites (tertiary alicyclic amines) is 1. The summed E-state index contributed by atoms with van der Waals surface area (Å²) in [4.78, 5) is 19.7. The number of thiazole rings is 1. The van der Waals surface area contributed by atoms with Gasteiger partial charge in [0, 0.05) is 22.3 Å². The van der Waals surface area contributed by atoms with Gasteiger partial charge in [-0.3, -0.25) is 14.3 Å². The average molecular weight is 491 g/mol. The fourth-order valence-corrected chi connectivity index (χ4v) is 5.45. The molecule has 0 radical (unpaired) electrons. The summed E-state index contributed by atoms with van der Waals surface area (Å²) in [5, 5.41) is 15.7. The number of anilines is 1. The number of hydrogen-bond donors (Lipinski definition) is 1. The monoisotopic (exact) mass is 490 g/mol. The van der Waals surface area contributed by atoms with Crippen LogP contribution in [0.25, 0.3) is 16.9 Å². The van der Waals surface area contributed by atoms with Crippen molar-refractivity contribution in [3.05, 3.63) is 70.8 Å². The number of aryl methyl sites for hydroxylation is 1. The van der Waals surface area contributed by atoms with Crippen molar-refractivity contribution in [3.63, 3.8) is 0 Å². The molecule has 0 unspecified atom stereocenters. The number of rotatable bonds is 8. The third-order valence-electron chi connectivity index (χ3n) is 5.67. The van der Waals surface area contributed by atoms with Gasteiger partial charge in [-0.1, -0.05) is 42.1 Å². The summed E-state index contributed by atoms with van der Waals surface area (Å²) in [7, 11) is 0. The molecule has 4 aromatic rings. The van der Waals surface area contributed by atoms with E-state index in [4.69, 9.17) is 0 Å². The highest BCUT2D eigenvalue weighted by atomic mass is 32.2. The van der Waals surface area contributed by atoms with Gasteiger partial charge in [0.1, 0.15) is 0 Å². The fraction of sp³-hybridized carbons (Fsp3) is 0.280. The summed E-state index contributed by atoms with van der Waals surface area (Å²) < 4.78 is 2.07. The number of carbonyl (C=O) groups excluding carboxylic acids is 1. The Morgan fingerprint density at radius 1 is 1.09 bits per heavy atom. The van der Waals surface area contributed by atoms with E-state index in [1.54, 1.807) is 11.3 Å². The SMILES string of the molecule is Cc1nc(-c2cccc(NC(=O)CSc3nnc(CN4CCCC4)n3-c3ccccc3)c2)cs1. The van der Waals surface area contributed by atoms with Gasteiger partial charge in [0.25, 0.3) is 0 Å². The smallest absolute Gasteiger partial charge is 0.234 e. The van der Waals surface area contributed by atoms with E-state index in [2.05, 4.69) is 30.0 Å². The third kappa shape index (κ3) is 5.38. The molecule has 0 aliphatic carbocycles. The predicted octanol–water partition coefficient (Wildman–Crippen LogP) is 5.03. The summed E-state index contributed by atoms with van der Waals surface area (Å²) in [6.07, 6.45) is 2.45. The summed E-state index contributed by atoms with van der Waals surface area (Å²) in [5.74, 6) is 1.07. The van der Waals surface area contributed by atoms with E-state index in [1.165, 1.54) is 24.6 Å². The molecule has 0 saturated carbocycles. The van der Waals surface area contributed by atoms with E-state index in [0.717, 1.165) is 58.3 Å². The van der Waals surface area contributed by atoms with E-state index in [0.29, 0.717) is 0 Å². The normalized spacial score (nSPS) is 13.9. The van der Waals surface area contributed by atoms with Gasteiger partial charge in [0.2, 0.25) is 5.91 Å². The van der Waals surface area contributed by atoms with Gasteiger partial charge in [-0.05, 0) is 57.1 Å². The Balaban J connectivity index is 1.28. The molecular weight excluding hydrogens is 464 g/mol. The Kier molecular flexibility index (Phi) is 7.03. The number of aromatic nitrogens is 4. The molecule has 1 aliphatic heterocycles. The van der Waals surface area contributed by atoms with Crippen LogP contribution in [0.2, 0.25) is 0 Å². The highest BCUT2D eigenvalue weighted by molar-refractivity contribution is 7.99. The van der Waals surface area contributed by atoms with Crippen molar-refractivity contribution >= 4 is 34.7 Å². The van der Waals surface area contributed by atoms with Gasteiger partial charge in [-0.15, -0.1) is 21.5 Å². The van der Waals surface area contributed by atoms with Crippen molar-refractivity contribution in [1.82, 2.24) is 24.6 Å². The Hall–Kier alpha value is -3.01.